The summed E-state index contributed by atoms with van der Waals surface area (Å²) < 4.78 is 106. The number of aliphatic carboxylic acids is 3. The van der Waals surface area contributed by atoms with Crippen LogP contribution in [-0.2, 0) is 43.0 Å². The van der Waals surface area contributed by atoms with Crippen LogP contribution >= 0.6 is 84.7 Å². The summed E-state index contributed by atoms with van der Waals surface area (Å²) in [5.41, 5.74) is -0.651. The lowest BCUT2D eigenvalue weighted by Gasteiger charge is -2.35. The highest BCUT2D eigenvalue weighted by atomic mass is 79.9. The molecule has 6 aromatic rings. The molecule has 9 heterocycles. The minimum Gasteiger partial charge on any atom is -0.481 e. The van der Waals surface area contributed by atoms with Gasteiger partial charge in [-0.2, -0.15) is 0 Å². The van der Waals surface area contributed by atoms with E-state index in [1.807, 2.05) is 4.90 Å². The molecule has 0 amide bonds. The number of nitrogens with one attached hydrogen (secondary N) is 3. The molecule has 37 heteroatoms. The highest BCUT2D eigenvalue weighted by Gasteiger charge is 2.62. The van der Waals surface area contributed by atoms with Gasteiger partial charge in [0.15, 0.2) is 32.5 Å². The first-order chi connectivity index (χ1) is 53.8. The van der Waals surface area contributed by atoms with E-state index in [9.17, 15) is 48.5 Å². The fourth-order valence-electron chi connectivity index (χ4n) is 14.9. The van der Waals surface area contributed by atoms with Crippen molar-refractivity contribution in [3.63, 3.8) is 0 Å². The second kappa shape index (κ2) is 37.0. The lowest BCUT2D eigenvalue weighted by Crippen LogP contribution is -2.44. The third kappa shape index (κ3) is 19.6. The van der Waals surface area contributed by atoms with Gasteiger partial charge in [0.25, 0.3) is 11.8 Å². The molecule has 6 aliphatic rings. The van der Waals surface area contributed by atoms with Crippen LogP contribution in [0.3, 0.4) is 0 Å². The molecule has 3 fully saturated rings. The topological polar surface area (TPSA) is 312 Å². The number of aliphatic imine (C=N–C) groups is 3. The van der Waals surface area contributed by atoms with Gasteiger partial charge in [-0.3, -0.25) is 44.1 Å². The Bertz CT molecular complexity index is 4770. The van der Waals surface area contributed by atoms with Crippen molar-refractivity contribution in [2.24, 2.45) is 31.2 Å². The number of carboxylic acids is 3. The molecular formula is C77H84BrCl3F6N12O12S3. The van der Waals surface area contributed by atoms with Crippen molar-refractivity contribution in [3.8, 4) is 0 Å². The monoisotopic (exact) mass is 1760 g/mol. The number of hydrogen-bond donors (Lipinski definition) is 6. The molecule has 3 aromatic heterocycles. The summed E-state index contributed by atoms with van der Waals surface area (Å²) in [5, 5.41) is 45.4. The molecule has 0 radical (unpaired) electrons. The van der Waals surface area contributed by atoms with Gasteiger partial charge in [0.2, 0.25) is 0 Å². The molecule has 7 atom stereocenters. The van der Waals surface area contributed by atoms with E-state index in [0.717, 1.165) is 0 Å². The maximum Gasteiger partial charge on any atom is 0.338 e. The zero-order valence-corrected chi connectivity index (χ0v) is 69.5. The molecule has 612 valence electrons. The fourth-order valence-corrected chi connectivity index (χ4v) is 18.0. The minimum absolute atomic E-state index is 0.0125. The van der Waals surface area contributed by atoms with E-state index in [0.29, 0.717) is 80.8 Å². The van der Waals surface area contributed by atoms with E-state index in [1.165, 1.54) is 91.9 Å². The Balaban J connectivity index is 0.000000181. The van der Waals surface area contributed by atoms with Crippen molar-refractivity contribution >= 4 is 138 Å². The van der Waals surface area contributed by atoms with Crippen molar-refractivity contribution < 1.29 is 84.6 Å². The number of amidine groups is 3. The second-order valence-corrected chi connectivity index (χ2v) is 34.0. The zero-order valence-electron chi connectivity index (χ0n) is 63.2. The molecule has 12 rings (SSSR count). The molecule has 24 nitrogen and oxygen atoms in total. The smallest absolute Gasteiger partial charge is 0.338 e. The largest absolute Gasteiger partial charge is 0.481 e. The van der Waals surface area contributed by atoms with Gasteiger partial charge in [-0.05, 0) is 69.0 Å². The number of rotatable bonds is 26. The lowest BCUT2D eigenvalue weighted by atomic mass is 9.79. The highest BCUT2D eigenvalue weighted by molar-refractivity contribution is 9.10. The summed E-state index contributed by atoms with van der Waals surface area (Å²) in [4.78, 5) is 106. The van der Waals surface area contributed by atoms with Crippen LogP contribution in [0.25, 0.3) is 0 Å². The molecule has 6 N–H and O–H groups in total. The van der Waals surface area contributed by atoms with Crippen LogP contribution in [0, 0.1) is 22.1 Å². The summed E-state index contributed by atoms with van der Waals surface area (Å²) in [6, 6.07) is 11.3. The standard InChI is InChI=1S/C26H29BrF2N4O4S.C26H29ClF2N4O4S.C25H26Cl2F2N4O4S/c1-4-37-25(36)21-17(12-33-13-18(29)26(2,3)19(33)7-8-20(34)35)31-23(24-30-9-10-38-24)32-22(21)15-6-5-14(28)11-16(15)27;1-4-37-24(36)20-17(13-33-14-26(28,29)25(2,3)18(33)9-10-19(34)35)31-22(23-30-11-12-38-23)32-21(20)15-7-5-6-8-16(15)27;1-24(2)17(6-7-18(34)35)33(12-25(24,28)29)11-16-19(23(36)37-3)20(14-5-4-13(26)10-15(14)27)32-21(31-16)22-30-8-9-38-22/h5-6,9-11,18-19,22H,4,7-8,12-13H2,1-3H3,(H,31,32)(H,34,35);5-8,11-12,18,21H,4,9-10,13-14H2,1-3H3,(H,31,32)(H,34,35);4-5,8-10,17,20H,6-7,11-12H2,1-3H3,(H,31,32)(H,34,35)/t18-,19?,22+;18-,21+;17-,20+/m111/s1. The van der Waals surface area contributed by atoms with E-state index in [-0.39, 0.29) is 106 Å². The first-order valence-electron chi connectivity index (χ1n) is 36.1. The lowest BCUT2D eigenvalue weighted by molar-refractivity contribution is -0.139. The van der Waals surface area contributed by atoms with E-state index in [4.69, 9.17) is 64.0 Å². The van der Waals surface area contributed by atoms with Crippen LogP contribution in [0.4, 0.5) is 26.3 Å². The summed E-state index contributed by atoms with van der Waals surface area (Å²) in [6.07, 6.45) is 3.32. The number of methoxy groups -OCH3 is 1. The Kier molecular flexibility index (Phi) is 28.6. The van der Waals surface area contributed by atoms with Crippen molar-refractivity contribution in [2.45, 2.75) is 148 Å². The number of ether oxygens (including phenoxy) is 3. The molecule has 3 aromatic carbocycles. The van der Waals surface area contributed by atoms with Crippen LogP contribution in [0.15, 0.2) is 149 Å². The van der Waals surface area contributed by atoms with E-state index in [2.05, 4.69) is 46.8 Å². The van der Waals surface area contributed by atoms with Gasteiger partial charge in [0.05, 0.1) is 50.1 Å². The quantitative estimate of drug-likeness (QED) is 0.0167. The maximum absolute atomic E-state index is 15.2. The molecule has 6 aliphatic heterocycles. The van der Waals surface area contributed by atoms with Crippen molar-refractivity contribution in [1.29, 1.82) is 0 Å². The number of hydrogen-bond acceptors (Lipinski definition) is 24. The molecule has 1 unspecified atom stereocenters. The van der Waals surface area contributed by atoms with Gasteiger partial charge in [-0.25, -0.2) is 55.7 Å². The average molecular weight is 1770 g/mol. The van der Waals surface area contributed by atoms with Crippen LogP contribution in [0.1, 0.15) is 144 Å². The summed E-state index contributed by atoms with van der Waals surface area (Å²) in [6.45, 7) is 11.8. The number of esters is 3. The fraction of sp³-hybridized carbons (Fsp3) is 0.455. The van der Waals surface area contributed by atoms with E-state index in [1.54, 1.807) is 110 Å². The Hall–Kier alpha value is -8.19. The SMILES string of the molecule is CCOC(=O)C1=C(CN2CC(F)(F)C(C)(C)[C@H]2CCC(=O)O)NC(c2nccs2)=N[C@H]1c1ccccc1Cl.CCOC(=O)C1=C(CN2C[C@@H](F)C(C)(C)C2CCC(=O)O)NC(c2nccs2)=N[C@H]1c1ccc(F)cc1Br.COC(=O)C1=C(CN2CC(F)(F)C(C)(C)[C@H]2CCC(=O)O)NC(c2nccs2)=N[C@H]1c1ccc(Cl)cc1Cl. The Labute approximate surface area is 689 Å². The van der Waals surface area contributed by atoms with Gasteiger partial charge in [-0.15, -0.1) is 34.0 Å². The number of aromatic nitrogens is 3. The number of halogens is 10. The molecular weight excluding hydrogens is 1680 g/mol. The Morgan fingerprint density at radius 2 is 0.947 bits per heavy atom. The number of thiazole rings is 3. The zero-order chi connectivity index (χ0) is 83.1. The number of carbonyl (C=O) groups is 6. The van der Waals surface area contributed by atoms with Gasteiger partial charge in [0, 0.05) is 162 Å². The molecule has 114 heavy (non-hydrogen) atoms. The molecule has 0 aliphatic carbocycles. The van der Waals surface area contributed by atoms with Crippen molar-refractivity contribution in [1.82, 2.24) is 45.6 Å². The third-order valence-electron chi connectivity index (χ3n) is 21.1. The molecule has 0 spiro atoms. The van der Waals surface area contributed by atoms with Crippen LogP contribution in [-0.4, -0.2) is 194 Å². The number of carbonyl (C=O) groups excluding carboxylic acids is 3. The van der Waals surface area contributed by atoms with Crippen LogP contribution < -0.4 is 16.0 Å². The summed E-state index contributed by atoms with van der Waals surface area (Å²) in [7, 11) is 1.22. The summed E-state index contributed by atoms with van der Waals surface area (Å²) >= 11 is 26.5. The molecule has 3 saturated heterocycles. The first kappa shape index (κ1) is 88.2. The van der Waals surface area contributed by atoms with Gasteiger partial charge >= 0.3 is 35.8 Å². The van der Waals surface area contributed by atoms with Gasteiger partial charge in [0.1, 0.15) is 30.1 Å². The Morgan fingerprint density at radius 3 is 1.33 bits per heavy atom. The average Bonchev–Trinajstić information content (AvgIpc) is 1.57. The number of nitrogens with zero attached hydrogens (tertiary/aromatic N) is 9. The third-order valence-corrected chi connectivity index (χ3v) is 25.0. The first-order valence-corrected chi connectivity index (χ1v) is 40.7. The van der Waals surface area contributed by atoms with E-state index >= 15 is 22.0 Å². The normalized spacial score (nSPS) is 22.8. The van der Waals surface area contributed by atoms with Crippen molar-refractivity contribution in [3.05, 3.63) is 186 Å². The van der Waals surface area contributed by atoms with Gasteiger partial charge in [-0.1, -0.05) is 123 Å². The van der Waals surface area contributed by atoms with Gasteiger partial charge < -0.3 is 45.5 Å². The van der Waals surface area contributed by atoms with Crippen molar-refractivity contribution in [2.75, 3.05) is 59.6 Å². The highest BCUT2D eigenvalue weighted by Crippen LogP contribution is 2.52. The summed E-state index contributed by atoms with van der Waals surface area (Å²) in [5.74, 6) is -10.5. The van der Waals surface area contributed by atoms with Crippen LogP contribution in [0.5, 0.6) is 0 Å². The predicted molar refractivity (Wildman–Crippen MR) is 425 cm³/mol. The van der Waals surface area contributed by atoms with E-state index < -0.39 is 119 Å². The number of alkyl halides is 5. The molecule has 0 saturated carbocycles. The predicted octanol–water partition coefficient (Wildman–Crippen LogP) is 15.0. The molecule has 0 bridgehead atoms. The second-order valence-electron chi connectivity index (χ2n) is 29.2. The van der Waals surface area contributed by atoms with Crippen LogP contribution in [0.2, 0.25) is 15.1 Å². The number of carboxylic acid groups (broad SMARTS) is 3. The Morgan fingerprint density at radius 1 is 0.553 bits per heavy atom. The number of benzene rings is 3. The minimum atomic E-state index is -3.10. The maximum atomic E-state index is 15.2. The number of likely N-dealkylation sites (tertiary alicyclic amines) is 3.